The Labute approximate surface area is 155 Å². The molecule has 1 atom stereocenters. The Morgan fingerprint density at radius 2 is 1.93 bits per heavy atom. The van der Waals surface area contributed by atoms with E-state index in [1.807, 2.05) is 31.1 Å². The number of halogens is 3. The predicted molar refractivity (Wildman–Crippen MR) is 94.9 cm³/mol. The summed E-state index contributed by atoms with van der Waals surface area (Å²) in [5.74, 6) is -0.206. The number of nitrogens with zero attached hydrogens (tertiary/aromatic N) is 3. The second-order valence-electron chi connectivity index (χ2n) is 6.60. The molecule has 5 nitrogen and oxygen atoms in total. The lowest BCUT2D eigenvalue weighted by Gasteiger charge is -2.18. The van der Waals surface area contributed by atoms with Crippen LogP contribution in [0.1, 0.15) is 22.3 Å². The van der Waals surface area contributed by atoms with Crippen molar-refractivity contribution in [1.29, 1.82) is 0 Å². The summed E-state index contributed by atoms with van der Waals surface area (Å²) in [5, 5.41) is 0. The van der Waals surface area contributed by atoms with E-state index < -0.39 is 11.7 Å². The summed E-state index contributed by atoms with van der Waals surface area (Å²) in [5.41, 5.74) is 0.752. The SMILES string of the molecule is CN(C)c1ccc(C(=O)N2CCC(Oc3cc(C(F)(F)F)ccn3)C2)cc1. The van der Waals surface area contributed by atoms with E-state index in [1.54, 1.807) is 17.0 Å². The molecule has 1 aliphatic rings. The Morgan fingerprint density at radius 1 is 1.22 bits per heavy atom. The summed E-state index contributed by atoms with van der Waals surface area (Å²) in [7, 11) is 3.84. The van der Waals surface area contributed by atoms with Crippen molar-refractivity contribution in [2.45, 2.75) is 18.7 Å². The van der Waals surface area contributed by atoms with E-state index >= 15 is 0 Å². The fourth-order valence-electron chi connectivity index (χ4n) is 2.91. The van der Waals surface area contributed by atoms with Gasteiger partial charge in [0.2, 0.25) is 5.88 Å². The minimum atomic E-state index is -4.45. The first-order chi connectivity index (χ1) is 12.7. The van der Waals surface area contributed by atoms with Crippen LogP contribution in [0.2, 0.25) is 0 Å². The van der Waals surface area contributed by atoms with Crippen molar-refractivity contribution in [1.82, 2.24) is 9.88 Å². The van der Waals surface area contributed by atoms with Gasteiger partial charge in [0.25, 0.3) is 5.91 Å². The highest BCUT2D eigenvalue weighted by molar-refractivity contribution is 5.94. The number of carbonyl (C=O) groups excluding carboxylic acids is 1. The van der Waals surface area contributed by atoms with Gasteiger partial charge in [-0.25, -0.2) is 4.98 Å². The fraction of sp³-hybridized carbons (Fsp3) is 0.368. The molecule has 0 saturated carbocycles. The monoisotopic (exact) mass is 379 g/mol. The van der Waals surface area contributed by atoms with Crippen LogP contribution in [0, 0.1) is 0 Å². The molecule has 0 bridgehead atoms. The number of anilines is 1. The average molecular weight is 379 g/mol. The summed E-state index contributed by atoms with van der Waals surface area (Å²) in [6.45, 7) is 0.796. The summed E-state index contributed by atoms with van der Waals surface area (Å²) in [6.07, 6.45) is -3.22. The minimum Gasteiger partial charge on any atom is -0.472 e. The number of alkyl halides is 3. The largest absolute Gasteiger partial charge is 0.472 e. The van der Waals surface area contributed by atoms with Crippen molar-refractivity contribution in [2.24, 2.45) is 0 Å². The fourth-order valence-corrected chi connectivity index (χ4v) is 2.91. The zero-order valence-corrected chi connectivity index (χ0v) is 15.0. The van der Waals surface area contributed by atoms with E-state index in [0.717, 1.165) is 24.0 Å². The molecule has 8 heteroatoms. The third kappa shape index (κ3) is 4.50. The van der Waals surface area contributed by atoms with Crippen LogP contribution in [0.5, 0.6) is 5.88 Å². The summed E-state index contributed by atoms with van der Waals surface area (Å²) >= 11 is 0. The molecule has 0 spiro atoms. The number of pyridine rings is 1. The minimum absolute atomic E-state index is 0.0838. The molecule has 2 aromatic rings. The molecule has 0 aliphatic carbocycles. The zero-order chi connectivity index (χ0) is 19.6. The van der Waals surface area contributed by atoms with Crippen molar-refractivity contribution >= 4 is 11.6 Å². The Morgan fingerprint density at radius 3 is 2.56 bits per heavy atom. The van der Waals surface area contributed by atoms with E-state index in [-0.39, 0.29) is 17.9 Å². The first-order valence-corrected chi connectivity index (χ1v) is 8.50. The number of benzene rings is 1. The van der Waals surface area contributed by atoms with Crippen molar-refractivity contribution in [3.05, 3.63) is 53.7 Å². The number of ether oxygens (including phenoxy) is 1. The van der Waals surface area contributed by atoms with Crippen molar-refractivity contribution in [3.8, 4) is 5.88 Å². The number of hydrogen-bond acceptors (Lipinski definition) is 4. The highest BCUT2D eigenvalue weighted by atomic mass is 19.4. The molecule has 1 aromatic carbocycles. The number of aromatic nitrogens is 1. The van der Waals surface area contributed by atoms with Crippen LogP contribution in [0.3, 0.4) is 0 Å². The maximum absolute atomic E-state index is 12.8. The van der Waals surface area contributed by atoms with Crippen LogP contribution < -0.4 is 9.64 Å². The van der Waals surface area contributed by atoms with Gasteiger partial charge >= 0.3 is 6.18 Å². The maximum Gasteiger partial charge on any atom is 0.416 e. The number of amides is 1. The van der Waals surface area contributed by atoms with Gasteiger partial charge in [-0.1, -0.05) is 0 Å². The molecular weight excluding hydrogens is 359 g/mol. The van der Waals surface area contributed by atoms with E-state index in [0.29, 0.717) is 25.1 Å². The first-order valence-electron chi connectivity index (χ1n) is 8.50. The van der Waals surface area contributed by atoms with Crippen LogP contribution in [-0.2, 0) is 6.18 Å². The normalized spacial score (nSPS) is 17.1. The molecule has 1 amide bonds. The smallest absolute Gasteiger partial charge is 0.416 e. The lowest BCUT2D eigenvalue weighted by atomic mass is 10.2. The van der Waals surface area contributed by atoms with Crippen molar-refractivity contribution < 1.29 is 22.7 Å². The molecule has 0 N–H and O–H groups in total. The standard InChI is InChI=1S/C19H20F3N3O2/c1-24(2)15-5-3-13(4-6-15)18(26)25-10-8-16(12-25)27-17-11-14(7-9-23-17)19(20,21)22/h3-7,9,11,16H,8,10,12H2,1-2H3. The number of hydrogen-bond donors (Lipinski definition) is 0. The van der Waals surface area contributed by atoms with Crippen molar-refractivity contribution in [2.75, 3.05) is 32.1 Å². The summed E-state index contributed by atoms with van der Waals surface area (Å²) < 4.78 is 43.9. The van der Waals surface area contributed by atoms with Gasteiger partial charge in [-0.2, -0.15) is 13.2 Å². The van der Waals surface area contributed by atoms with Gasteiger partial charge in [-0.05, 0) is 30.3 Å². The second-order valence-corrected chi connectivity index (χ2v) is 6.60. The van der Waals surface area contributed by atoms with Gasteiger partial charge in [-0.15, -0.1) is 0 Å². The Hall–Kier alpha value is -2.77. The van der Waals surface area contributed by atoms with Crippen LogP contribution in [0.4, 0.5) is 18.9 Å². The van der Waals surface area contributed by atoms with Gasteiger partial charge in [-0.3, -0.25) is 4.79 Å². The van der Waals surface area contributed by atoms with Gasteiger partial charge < -0.3 is 14.5 Å². The Balaban J connectivity index is 1.62. The lowest BCUT2D eigenvalue weighted by molar-refractivity contribution is -0.137. The van der Waals surface area contributed by atoms with Crippen LogP contribution >= 0.6 is 0 Å². The molecule has 1 fully saturated rings. The molecule has 1 unspecified atom stereocenters. The maximum atomic E-state index is 12.8. The molecule has 2 heterocycles. The lowest BCUT2D eigenvalue weighted by Crippen LogP contribution is -2.31. The first kappa shape index (κ1) is 19.0. The predicted octanol–water partition coefficient (Wildman–Crippen LogP) is 3.46. The second kappa shape index (κ2) is 7.46. The zero-order valence-electron chi connectivity index (χ0n) is 15.0. The van der Waals surface area contributed by atoms with Gasteiger partial charge in [0, 0.05) is 50.6 Å². The van der Waals surface area contributed by atoms with Gasteiger partial charge in [0.1, 0.15) is 6.10 Å². The Bertz CT molecular complexity index is 807. The third-order valence-corrected chi connectivity index (χ3v) is 4.41. The molecule has 1 saturated heterocycles. The van der Waals surface area contributed by atoms with Crippen LogP contribution in [0.25, 0.3) is 0 Å². The van der Waals surface area contributed by atoms with Crippen molar-refractivity contribution in [3.63, 3.8) is 0 Å². The van der Waals surface area contributed by atoms with E-state index in [2.05, 4.69) is 4.98 Å². The highest BCUT2D eigenvalue weighted by Gasteiger charge is 2.32. The molecule has 0 radical (unpaired) electrons. The van der Waals surface area contributed by atoms with Gasteiger partial charge in [0.15, 0.2) is 0 Å². The molecule has 27 heavy (non-hydrogen) atoms. The third-order valence-electron chi connectivity index (χ3n) is 4.41. The van der Waals surface area contributed by atoms with Crippen LogP contribution in [-0.4, -0.2) is 49.1 Å². The Kier molecular flexibility index (Phi) is 5.25. The highest BCUT2D eigenvalue weighted by Crippen LogP contribution is 2.31. The molecule has 3 rings (SSSR count). The molecule has 1 aromatic heterocycles. The molecular formula is C19H20F3N3O2. The number of likely N-dealkylation sites (tertiary alicyclic amines) is 1. The van der Waals surface area contributed by atoms with E-state index in [1.165, 1.54) is 0 Å². The van der Waals surface area contributed by atoms with Crippen LogP contribution in [0.15, 0.2) is 42.6 Å². The average Bonchev–Trinajstić information content (AvgIpc) is 3.09. The van der Waals surface area contributed by atoms with Gasteiger partial charge in [0.05, 0.1) is 12.1 Å². The molecule has 144 valence electrons. The van der Waals surface area contributed by atoms with E-state index in [4.69, 9.17) is 4.74 Å². The topological polar surface area (TPSA) is 45.7 Å². The quantitative estimate of drug-likeness (QED) is 0.816. The number of carbonyl (C=O) groups is 1. The van der Waals surface area contributed by atoms with E-state index in [9.17, 15) is 18.0 Å². The molecule has 1 aliphatic heterocycles. The summed E-state index contributed by atoms with van der Waals surface area (Å²) in [4.78, 5) is 20.0. The summed E-state index contributed by atoms with van der Waals surface area (Å²) in [6, 6.07) is 9.04. The number of rotatable bonds is 4.